The molecule has 1 aliphatic rings. The van der Waals surface area contributed by atoms with Gasteiger partial charge in [0.05, 0.1) is 0 Å². The summed E-state index contributed by atoms with van der Waals surface area (Å²) in [6.07, 6.45) is 4.74. The Morgan fingerprint density at radius 1 is 1.24 bits per heavy atom. The molecule has 1 aromatic carbocycles. The largest absolute Gasteiger partial charge is 0.484 e. The lowest BCUT2D eigenvalue weighted by Crippen LogP contribution is -2.41. The number of aryl methyl sites for hydroxylation is 2. The van der Waals surface area contributed by atoms with Gasteiger partial charge in [-0.1, -0.05) is 17.7 Å². The Hall–Kier alpha value is -2.37. The van der Waals surface area contributed by atoms with Crippen molar-refractivity contribution in [2.75, 3.05) is 19.7 Å². The van der Waals surface area contributed by atoms with E-state index < -0.39 is 0 Å². The Balaban J connectivity index is 1.43. The first-order valence-corrected chi connectivity index (χ1v) is 8.99. The summed E-state index contributed by atoms with van der Waals surface area (Å²) in [6.45, 7) is 6.72. The fourth-order valence-corrected chi connectivity index (χ4v) is 3.22. The molecule has 0 aliphatic carbocycles. The number of piperidine rings is 1. The van der Waals surface area contributed by atoms with Crippen molar-refractivity contribution in [3.63, 3.8) is 0 Å². The lowest BCUT2D eigenvalue weighted by molar-refractivity contribution is -0.134. The van der Waals surface area contributed by atoms with Crippen LogP contribution >= 0.6 is 0 Å². The van der Waals surface area contributed by atoms with Crippen LogP contribution in [0.15, 0.2) is 30.6 Å². The zero-order chi connectivity index (χ0) is 17.6. The predicted molar refractivity (Wildman–Crippen MR) is 95.4 cm³/mol. The van der Waals surface area contributed by atoms with Gasteiger partial charge in [0, 0.05) is 26.1 Å². The predicted octanol–water partition coefficient (Wildman–Crippen LogP) is 2.47. The first-order valence-electron chi connectivity index (χ1n) is 8.99. The van der Waals surface area contributed by atoms with Crippen LogP contribution in [0.2, 0.25) is 0 Å². The van der Waals surface area contributed by atoms with Gasteiger partial charge in [-0.3, -0.25) is 4.79 Å². The quantitative estimate of drug-likeness (QED) is 0.809. The number of ether oxygens (including phenoxy) is 1. The topological polar surface area (TPSA) is 60.2 Å². The van der Waals surface area contributed by atoms with Crippen molar-refractivity contribution in [1.82, 2.24) is 19.7 Å². The van der Waals surface area contributed by atoms with Crippen molar-refractivity contribution in [3.8, 4) is 5.75 Å². The molecule has 6 heteroatoms. The molecule has 2 heterocycles. The summed E-state index contributed by atoms with van der Waals surface area (Å²) >= 11 is 0. The highest BCUT2D eigenvalue weighted by Gasteiger charge is 2.24. The molecule has 0 radical (unpaired) electrons. The molecule has 2 aromatic rings. The Morgan fingerprint density at radius 2 is 1.96 bits per heavy atom. The minimum Gasteiger partial charge on any atom is -0.484 e. The number of rotatable bonds is 6. The molecule has 1 amide bonds. The second kappa shape index (κ2) is 8.14. The second-order valence-corrected chi connectivity index (χ2v) is 6.66. The van der Waals surface area contributed by atoms with Crippen molar-refractivity contribution in [2.24, 2.45) is 5.92 Å². The summed E-state index contributed by atoms with van der Waals surface area (Å²) in [5.74, 6) is 2.43. The second-order valence-electron chi connectivity index (χ2n) is 6.66. The van der Waals surface area contributed by atoms with Crippen molar-refractivity contribution < 1.29 is 9.53 Å². The maximum Gasteiger partial charge on any atom is 0.260 e. The first-order chi connectivity index (χ1) is 12.2. The minimum atomic E-state index is 0.0655. The summed E-state index contributed by atoms with van der Waals surface area (Å²) in [5, 5.41) is 8.21. The van der Waals surface area contributed by atoms with Crippen LogP contribution in [0.3, 0.4) is 0 Å². The molecule has 1 aromatic heterocycles. The molecule has 0 unspecified atom stereocenters. The molecule has 0 N–H and O–H groups in total. The third-order valence-corrected chi connectivity index (χ3v) is 4.86. The molecule has 3 rings (SSSR count). The molecule has 0 spiro atoms. The summed E-state index contributed by atoms with van der Waals surface area (Å²) in [4.78, 5) is 14.2. The highest BCUT2D eigenvalue weighted by molar-refractivity contribution is 5.77. The summed E-state index contributed by atoms with van der Waals surface area (Å²) in [5.41, 5.74) is 1.18. The van der Waals surface area contributed by atoms with Crippen molar-refractivity contribution >= 4 is 5.91 Å². The zero-order valence-electron chi connectivity index (χ0n) is 15.0. The first kappa shape index (κ1) is 17.5. The number of amides is 1. The third-order valence-electron chi connectivity index (χ3n) is 4.86. The number of hydrogen-bond acceptors (Lipinski definition) is 4. The van der Waals surface area contributed by atoms with Gasteiger partial charge in [0.25, 0.3) is 5.91 Å². The minimum absolute atomic E-state index is 0.0655. The fraction of sp³-hybridized carbons (Fsp3) is 0.526. The molecule has 1 fully saturated rings. The van der Waals surface area contributed by atoms with E-state index in [2.05, 4.69) is 21.7 Å². The van der Waals surface area contributed by atoms with E-state index in [4.69, 9.17) is 4.74 Å². The summed E-state index contributed by atoms with van der Waals surface area (Å²) in [7, 11) is 0. The standard InChI is InChI=1S/C19H26N4O2/c1-3-22-14-20-21-18(22)12-16-8-10-23(11-9-16)19(24)13-25-17-6-4-15(2)5-7-17/h4-7,14,16H,3,8-13H2,1-2H3. The van der Waals surface area contributed by atoms with Gasteiger partial charge in [0.1, 0.15) is 17.9 Å². The highest BCUT2D eigenvalue weighted by atomic mass is 16.5. The monoisotopic (exact) mass is 342 g/mol. The third kappa shape index (κ3) is 4.59. The fourth-order valence-electron chi connectivity index (χ4n) is 3.22. The molecular weight excluding hydrogens is 316 g/mol. The van der Waals surface area contributed by atoms with Gasteiger partial charge in [-0.25, -0.2) is 0 Å². The average Bonchev–Trinajstić information content (AvgIpc) is 3.09. The maximum absolute atomic E-state index is 12.3. The van der Waals surface area contributed by atoms with Crippen molar-refractivity contribution in [3.05, 3.63) is 42.0 Å². The maximum atomic E-state index is 12.3. The summed E-state index contributed by atoms with van der Waals surface area (Å²) < 4.78 is 7.70. The van der Waals surface area contributed by atoms with Gasteiger partial charge < -0.3 is 14.2 Å². The number of aromatic nitrogens is 3. The Kier molecular flexibility index (Phi) is 5.68. The normalized spacial score (nSPS) is 15.4. The van der Waals surface area contributed by atoms with Gasteiger partial charge in [0.15, 0.2) is 6.61 Å². The number of hydrogen-bond donors (Lipinski definition) is 0. The molecule has 1 aliphatic heterocycles. The Bertz CT molecular complexity index is 688. The number of nitrogens with zero attached hydrogens (tertiary/aromatic N) is 4. The van der Waals surface area contributed by atoms with Crippen LogP contribution in [0.1, 0.15) is 31.2 Å². The number of carbonyl (C=O) groups excluding carboxylic acids is 1. The van der Waals surface area contributed by atoms with Crippen LogP contribution in [0.25, 0.3) is 0 Å². The molecule has 1 saturated heterocycles. The van der Waals surface area contributed by atoms with E-state index in [1.165, 1.54) is 5.56 Å². The van der Waals surface area contributed by atoms with Crippen LogP contribution in [0.4, 0.5) is 0 Å². The molecule has 0 saturated carbocycles. The van der Waals surface area contributed by atoms with E-state index in [1.807, 2.05) is 36.1 Å². The van der Waals surface area contributed by atoms with Gasteiger partial charge >= 0.3 is 0 Å². The molecule has 0 bridgehead atoms. The Morgan fingerprint density at radius 3 is 2.64 bits per heavy atom. The number of carbonyl (C=O) groups is 1. The highest BCUT2D eigenvalue weighted by Crippen LogP contribution is 2.21. The van der Waals surface area contributed by atoms with E-state index in [1.54, 1.807) is 6.33 Å². The van der Waals surface area contributed by atoms with Gasteiger partial charge in [-0.15, -0.1) is 10.2 Å². The molecule has 6 nitrogen and oxygen atoms in total. The van der Waals surface area contributed by atoms with Gasteiger partial charge in [0.2, 0.25) is 0 Å². The average molecular weight is 342 g/mol. The summed E-state index contributed by atoms with van der Waals surface area (Å²) in [6, 6.07) is 7.78. The van der Waals surface area contributed by atoms with E-state index in [9.17, 15) is 4.79 Å². The van der Waals surface area contributed by atoms with E-state index in [-0.39, 0.29) is 12.5 Å². The van der Waals surface area contributed by atoms with E-state index in [0.717, 1.165) is 50.5 Å². The van der Waals surface area contributed by atoms with Crippen LogP contribution in [0.5, 0.6) is 5.75 Å². The number of benzene rings is 1. The Labute approximate surface area is 148 Å². The van der Waals surface area contributed by atoms with Gasteiger partial charge in [-0.05, 0) is 44.7 Å². The van der Waals surface area contributed by atoms with Crippen molar-refractivity contribution in [2.45, 2.75) is 39.7 Å². The molecular formula is C19H26N4O2. The lowest BCUT2D eigenvalue weighted by Gasteiger charge is -2.31. The van der Waals surface area contributed by atoms with Gasteiger partial charge in [-0.2, -0.15) is 0 Å². The van der Waals surface area contributed by atoms with Crippen LogP contribution < -0.4 is 4.74 Å². The molecule has 0 atom stereocenters. The lowest BCUT2D eigenvalue weighted by atomic mass is 9.93. The van der Waals surface area contributed by atoms with Crippen LogP contribution in [-0.2, 0) is 17.8 Å². The SMILES string of the molecule is CCn1cnnc1CC1CCN(C(=O)COc2ccc(C)cc2)CC1. The van der Waals surface area contributed by atoms with Crippen molar-refractivity contribution in [1.29, 1.82) is 0 Å². The number of likely N-dealkylation sites (tertiary alicyclic amines) is 1. The van der Waals surface area contributed by atoms with E-state index in [0.29, 0.717) is 5.92 Å². The van der Waals surface area contributed by atoms with E-state index >= 15 is 0 Å². The van der Waals surface area contributed by atoms with Crippen LogP contribution in [-0.4, -0.2) is 45.3 Å². The van der Waals surface area contributed by atoms with Crippen LogP contribution in [0, 0.1) is 12.8 Å². The zero-order valence-corrected chi connectivity index (χ0v) is 15.0. The molecule has 25 heavy (non-hydrogen) atoms. The molecule has 134 valence electrons. The smallest absolute Gasteiger partial charge is 0.260 e.